The largest absolute Gasteiger partial charge is 0.490 e. The van der Waals surface area contributed by atoms with Gasteiger partial charge in [-0.3, -0.25) is 0 Å². The third kappa shape index (κ3) is 6.76. The van der Waals surface area contributed by atoms with Gasteiger partial charge >= 0.3 is 0 Å². The van der Waals surface area contributed by atoms with Crippen molar-refractivity contribution in [3.05, 3.63) is 60.1 Å². The van der Waals surface area contributed by atoms with E-state index in [2.05, 4.69) is 102 Å². The Morgan fingerprint density at radius 1 is 0.674 bits per heavy atom. The first-order valence-electron chi connectivity index (χ1n) is 16.1. The van der Waals surface area contributed by atoms with E-state index in [0.717, 1.165) is 83.5 Å². The van der Waals surface area contributed by atoms with Crippen LogP contribution in [-0.2, 0) is 10.8 Å². The zero-order valence-corrected chi connectivity index (χ0v) is 27.3. The van der Waals surface area contributed by atoms with Crippen LogP contribution in [0.5, 0.6) is 11.5 Å². The van der Waals surface area contributed by atoms with Crippen molar-refractivity contribution < 1.29 is 18.3 Å². The van der Waals surface area contributed by atoms with Gasteiger partial charge in [-0.25, -0.2) is 0 Å². The monoisotopic (exact) mass is 586 g/mol. The van der Waals surface area contributed by atoms with Crippen molar-refractivity contribution in [3.63, 3.8) is 0 Å². The average Bonchev–Trinajstić information content (AvgIpc) is 3.52. The van der Waals surface area contributed by atoms with Gasteiger partial charge in [0.25, 0.3) is 0 Å². The summed E-state index contributed by atoms with van der Waals surface area (Å²) in [6.45, 7) is 15.7. The van der Waals surface area contributed by atoms with Crippen LogP contribution in [0.15, 0.2) is 57.4 Å². The highest BCUT2D eigenvalue weighted by atomic mass is 16.5. The van der Waals surface area contributed by atoms with E-state index >= 15 is 0 Å². The molecule has 232 valence electrons. The first kappa shape index (κ1) is 30.1. The maximum atomic E-state index is 6.41. The van der Waals surface area contributed by atoms with Crippen molar-refractivity contribution in [1.29, 1.82) is 0 Å². The van der Waals surface area contributed by atoms with Crippen molar-refractivity contribution in [1.82, 2.24) is 10.6 Å². The third-order valence-electron chi connectivity index (χ3n) is 9.56. The van der Waals surface area contributed by atoms with Gasteiger partial charge in [0.2, 0.25) is 0 Å². The molecule has 2 N–H and O–H groups in total. The summed E-state index contributed by atoms with van der Waals surface area (Å²) < 4.78 is 25.0. The second kappa shape index (κ2) is 11.2. The van der Waals surface area contributed by atoms with Crippen LogP contribution < -0.4 is 20.1 Å². The van der Waals surface area contributed by atoms with Crippen LogP contribution in [0, 0.1) is 0 Å². The maximum Gasteiger partial charge on any atom is 0.137 e. The molecule has 2 saturated carbocycles. The van der Waals surface area contributed by atoms with Crippen LogP contribution in [0.1, 0.15) is 98.5 Å². The van der Waals surface area contributed by atoms with Crippen molar-refractivity contribution >= 4 is 21.9 Å². The van der Waals surface area contributed by atoms with Gasteiger partial charge in [-0.15, -0.1) is 0 Å². The highest BCUT2D eigenvalue weighted by Crippen LogP contribution is 2.38. The standard InChI is InChI=1S/C37H50N2O4/c1-35(2,3)33-15-23-9-11-27(21-31(23)42-33)41-30-19-26(20-30)39-37(6,7)14-13-36(4,5)34-16-24-10-12-28(22-32(24)43-34)40-29-17-25(18-29)38-8/h9-12,15-16,21-22,25-26,29-30,38-39H,13-14,17-20H2,1-8H3/t25-,26-,29+,30-. The molecule has 0 unspecified atom stereocenters. The van der Waals surface area contributed by atoms with Crippen LogP contribution in [0.25, 0.3) is 21.9 Å². The fourth-order valence-electron chi connectivity index (χ4n) is 6.31. The zero-order valence-electron chi connectivity index (χ0n) is 27.3. The van der Waals surface area contributed by atoms with Crippen LogP contribution >= 0.6 is 0 Å². The summed E-state index contributed by atoms with van der Waals surface area (Å²) in [5, 5.41) is 9.48. The smallest absolute Gasteiger partial charge is 0.137 e. The molecular weight excluding hydrogens is 536 g/mol. The molecule has 0 spiro atoms. The first-order chi connectivity index (χ1) is 20.3. The predicted molar refractivity (Wildman–Crippen MR) is 175 cm³/mol. The fourth-order valence-corrected chi connectivity index (χ4v) is 6.31. The quantitative estimate of drug-likeness (QED) is 0.183. The number of hydrogen-bond donors (Lipinski definition) is 2. The van der Waals surface area contributed by atoms with E-state index in [4.69, 9.17) is 18.3 Å². The minimum Gasteiger partial charge on any atom is -0.490 e. The second-order valence-electron chi connectivity index (χ2n) is 15.4. The summed E-state index contributed by atoms with van der Waals surface area (Å²) in [7, 11) is 2.02. The summed E-state index contributed by atoms with van der Waals surface area (Å²) in [4.78, 5) is 0. The van der Waals surface area contributed by atoms with E-state index < -0.39 is 0 Å². The Kier molecular flexibility index (Phi) is 7.83. The number of ether oxygens (including phenoxy) is 2. The van der Waals surface area contributed by atoms with Crippen molar-refractivity contribution in [2.75, 3.05) is 7.05 Å². The number of fused-ring (bicyclic) bond motifs is 2. The van der Waals surface area contributed by atoms with Gasteiger partial charge in [-0.1, -0.05) is 34.6 Å². The molecule has 6 heteroatoms. The van der Waals surface area contributed by atoms with E-state index in [1.54, 1.807) is 0 Å². The predicted octanol–water partition coefficient (Wildman–Crippen LogP) is 8.64. The Hall–Kier alpha value is -2.96. The fraction of sp³-hybridized carbons (Fsp3) is 0.568. The highest BCUT2D eigenvalue weighted by Gasteiger charge is 2.36. The summed E-state index contributed by atoms with van der Waals surface area (Å²) in [6, 6.07) is 17.8. The normalized spacial score (nSPS) is 22.9. The van der Waals surface area contributed by atoms with Crippen LogP contribution in [0.4, 0.5) is 0 Å². The second-order valence-corrected chi connectivity index (χ2v) is 15.4. The van der Waals surface area contributed by atoms with Crippen LogP contribution in [0.3, 0.4) is 0 Å². The Balaban J connectivity index is 0.986. The molecule has 6 rings (SSSR count). The number of furan rings is 2. The van der Waals surface area contributed by atoms with E-state index in [9.17, 15) is 0 Å². The lowest BCUT2D eigenvalue weighted by Crippen LogP contribution is -2.54. The van der Waals surface area contributed by atoms with Gasteiger partial charge in [0.15, 0.2) is 0 Å². The van der Waals surface area contributed by atoms with E-state index in [1.165, 1.54) is 0 Å². The summed E-state index contributed by atoms with van der Waals surface area (Å²) in [5.41, 5.74) is 1.74. The Morgan fingerprint density at radius 2 is 1.19 bits per heavy atom. The van der Waals surface area contributed by atoms with Gasteiger partial charge in [0, 0.05) is 51.4 Å². The zero-order chi connectivity index (χ0) is 30.6. The first-order valence-corrected chi connectivity index (χ1v) is 16.1. The van der Waals surface area contributed by atoms with Gasteiger partial charge in [0.05, 0.1) is 0 Å². The highest BCUT2D eigenvalue weighted by molar-refractivity contribution is 5.80. The molecule has 2 heterocycles. The number of hydrogen-bond acceptors (Lipinski definition) is 6. The summed E-state index contributed by atoms with van der Waals surface area (Å²) >= 11 is 0. The topological polar surface area (TPSA) is 68.8 Å². The minimum atomic E-state index is -0.0738. The van der Waals surface area contributed by atoms with Crippen molar-refractivity contribution in [3.8, 4) is 11.5 Å². The molecule has 43 heavy (non-hydrogen) atoms. The SMILES string of the molecule is CN[C@H]1C[C@@H](Oc2ccc3cc(C(C)(C)CCC(C)(C)N[C@H]4C[C@H](Oc5ccc6cc(C(C)(C)C)oc6c5)C4)oc3c2)C1. The number of nitrogens with one attached hydrogen (secondary N) is 2. The van der Waals surface area contributed by atoms with Gasteiger partial charge in [-0.2, -0.15) is 0 Å². The molecule has 2 aromatic heterocycles. The van der Waals surface area contributed by atoms with Gasteiger partial charge in [0.1, 0.15) is 46.4 Å². The summed E-state index contributed by atoms with van der Waals surface area (Å²) in [6.07, 6.45) is 6.75. The molecular formula is C37H50N2O4. The van der Waals surface area contributed by atoms with Crippen molar-refractivity contribution in [2.24, 2.45) is 0 Å². The molecule has 2 aliphatic rings. The molecule has 0 atom stereocenters. The molecule has 6 nitrogen and oxygen atoms in total. The molecule has 2 fully saturated rings. The third-order valence-corrected chi connectivity index (χ3v) is 9.56. The van der Waals surface area contributed by atoms with Crippen molar-refractivity contribution in [2.45, 2.75) is 128 Å². The number of rotatable bonds is 11. The lowest BCUT2D eigenvalue weighted by atomic mass is 9.79. The Bertz CT molecular complexity index is 1560. The lowest BCUT2D eigenvalue weighted by molar-refractivity contribution is 0.0689. The van der Waals surface area contributed by atoms with Crippen LogP contribution in [-0.4, -0.2) is 36.9 Å². The van der Waals surface area contributed by atoms with Crippen LogP contribution in [0.2, 0.25) is 0 Å². The molecule has 0 radical (unpaired) electrons. The molecule has 4 aromatic rings. The van der Waals surface area contributed by atoms with Gasteiger partial charge in [-0.05, 0) is 95.8 Å². The molecule has 2 aliphatic carbocycles. The molecule has 0 amide bonds. The Labute approximate surface area is 256 Å². The summed E-state index contributed by atoms with van der Waals surface area (Å²) in [5.74, 6) is 3.83. The molecule has 2 aromatic carbocycles. The molecule has 0 bridgehead atoms. The Morgan fingerprint density at radius 3 is 1.72 bits per heavy atom. The molecule has 0 saturated heterocycles. The lowest BCUT2D eigenvalue weighted by Gasteiger charge is -2.42. The van der Waals surface area contributed by atoms with Gasteiger partial charge < -0.3 is 28.9 Å². The molecule has 0 aliphatic heterocycles. The average molecular weight is 587 g/mol. The minimum absolute atomic E-state index is 0.00766. The van der Waals surface area contributed by atoms with E-state index in [-0.39, 0.29) is 22.5 Å². The number of benzene rings is 2. The van der Waals surface area contributed by atoms with E-state index in [0.29, 0.717) is 18.2 Å². The maximum absolute atomic E-state index is 6.41. The van der Waals surface area contributed by atoms with E-state index in [1.807, 2.05) is 13.1 Å².